The first-order valence-corrected chi connectivity index (χ1v) is 9.09. The fourth-order valence-electron chi connectivity index (χ4n) is 4.66. The van der Waals surface area contributed by atoms with Gasteiger partial charge in [-0.2, -0.15) is 0 Å². The van der Waals surface area contributed by atoms with Crippen molar-refractivity contribution in [3.63, 3.8) is 0 Å². The van der Waals surface area contributed by atoms with Gasteiger partial charge >= 0.3 is 0 Å². The highest BCUT2D eigenvalue weighted by molar-refractivity contribution is 6.06. The number of hydrogen-bond acceptors (Lipinski definition) is 4. The van der Waals surface area contributed by atoms with Gasteiger partial charge in [0.15, 0.2) is 0 Å². The van der Waals surface area contributed by atoms with Gasteiger partial charge in [-0.3, -0.25) is 9.59 Å². The Bertz CT molecular complexity index is 893. The van der Waals surface area contributed by atoms with Crippen molar-refractivity contribution >= 4 is 16.7 Å². The highest BCUT2D eigenvalue weighted by Gasteiger charge is 2.52. The average molecular weight is 356 g/mol. The fraction of sp³-hybridized carbons (Fsp3) is 0.500. The minimum absolute atomic E-state index is 0.00982. The van der Waals surface area contributed by atoms with Crippen molar-refractivity contribution in [2.24, 2.45) is 0 Å². The van der Waals surface area contributed by atoms with Crippen LogP contribution < -0.4 is 5.56 Å². The van der Waals surface area contributed by atoms with Crippen LogP contribution in [0.2, 0.25) is 0 Å². The van der Waals surface area contributed by atoms with E-state index in [-0.39, 0.29) is 29.2 Å². The number of nitrogens with one attached hydrogen (secondary N) is 1. The van der Waals surface area contributed by atoms with Crippen molar-refractivity contribution in [2.75, 3.05) is 20.8 Å². The van der Waals surface area contributed by atoms with Crippen molar-refractivity contribution in [3.8, 4) is 0 Å². The summed E-state index contributed by atoms with van der Waals surface area (Å²) in [5, 5.41) is 1.23. The number of hydrogen-bond donors (Lipinski definition) is 1. The quantitative estimate of drug-likeness (QED) is 0.916. The first kappa shape index (κ1) is 17.2. The van der Waals surface area contributed by atoms with Crippen molar-refractivity contribution < 1.29 is 14.3 Å². The van der Waals surface area contributed by atoms with Crippen LogP contribution in [0.3, 0.4) is 0 Å². The number of likely N-dealkylation sites (tertiary alicyclic amines) is 1. The highest BCUT2D eigenvalue weighted by atomic mass is 16.5. The zero-order chi connectivity index (χ0) is 18.3. The van der Waals surface area contributed by atoms with E-state index < -0.39 is 0 Å². The topological polar surface area (TPSA) is 71.6 Å². The molecule has 1 aromatic heterocycles. The Morgan fingerprint density at radius 2 is 2.00 bits per heavy atom. The molecule has 2 aromatic rings. The normalized spacial score (nSPS) is 28.3. The van der Waals surface area contributed by atoms with Crippen LogP contribution >= 0.6 is 0 Å². The Balaban J connectivity index is 1.73. The summed E-state index contributed by atoms with van der Waals surface area (Å²) >= 11 is 0. The number of rotatable bonds is 3. The molecule has 0 spiro atoms. The third-order valence-corrected chi connectivity index (χ3v) is 6.18. The number of carbonyl (C=O) groups excluding carboxylic acids is 1. The van der Waals surface area contributed by atoms with Gasteiger partial charge in [-0.15, -0.1) is 0 Å². The number of methoxy groups -OCH3 is 2. The second kappa shape index (κ2) is 6.52. The largest absolute Gasteiger partial charge is 0.381 e. The Hall–Kier alpha value is -2.18. The molecule has 0 unspecified atom stereocenters. The standard InChI is InChI=1S/C20H24N2O4/c1-25-13-7-8-20(26-2)9-10-22(17(20)11-13)19(24)16-12-21-18(23)15-6-4-3-5-14(15)16/h3-6,12-13,17H,7-11H2,1-2H3,(H,21,23)/t13-,17-,20+/m0/s1. The van der Waals surface area contributed by atoms with Gasteiger partial charge in [-0.25, -0.2) is 0 Å². The van der Waals surface area contributed by atoms with E-state index in [1.165, 1.54) is 6.20 Å². The van der Waals surface area contributed by atoms with Gasteiger partial charge in [-0.05, 0) is 31.7 Å². The maximum atomic E-state index is 13.4. The summed E-state index contributed by atoms with van der Waals surface area (Å²) in [6, 6.07) is 7.22. The molecule has 2 aliphatic rings. The first-order valence-electron chi connectivity index (χ1n) is 9.09. The molecule has 6 nitrogen and oxygen atoms in total. The predicted octanol–water partition coefficient (Wildman–Crippen LogP) is 2.33. The number of carbonyl (C=O) groups is 1. The van der Waals surface area contributed by atoms with E-state index in [4.69, 9.17) is 9.47 Å². The lowest BCUT2D eigenvalue weighted by atomic mass is 9.79. The van der Waals surface area contributed by atoms with Gasteiger partial charge in [0.2, 0.25) is 0 Å². The number of aromatic amines is 1. The van der Waals surface area contributed by atoms with Crippen LogP contribution in [0.15, 0.2) is 35.3 Å². The molecule has 26 heavy (non-hydrogen) atoms. The van der Waals surface area contributed by atoms with Crippen molar-refractivity contribution in [1.82, 2.24) is 9.88 Å². The molecule has 0 bridgehead atoms. The molecular formula is C20H24N2O4. The van der Waals surface area contributed by atoms with E-state index in [1.807, 2.05) is 23.1 Å². The van der Waals surface area contributed by atoms with Crippen LogP contribution in [-0.4, -0.2) is 54.3 Å². The van der Waals surface area contributed by atoms with Crippen molar-refractivity contribution in [3.05, 3.63) is 46.4 Å². The Morgan fingerprint density at radius 1 is 1.23 bits per heavy atom. The highest BCUT2D eigenvalue weighted by Crippen LogP contribution is 2.43. The van der Waals surface area contributed by atoms with Crippen LogP contribution in [0.1, 0.15) is 36.0 Å². The summed E-state index contributed by atoms with van der Waals surface area (Å²) in [5.41, 5.74) is 0.0661. The molecule has 4 rings (SSSR count). The second-order valence-electron chi connectivity index (χ2n) is 7.24. The number of amides is 1. The number of pyridine rings is 1. The lowest BCUT2D eigenvalue weighted by molar-refractivity contribution is -0.0893. The van der Waals surface area contributed by atoms with E-state index in [0.717, 1.165) is 25.7 Å². The van der Waals surface area contributed by atoms with E-state index in [9.17, 15) is 9.59 Å². The number of aromatic nitrogens is 1. The lowest BCUT2D eigenvalue weighted by Crippen LogP contribution is -2.53. The number of benzene rings is 1. The predicted molar refractivity (Wildman–Crippen MR) is 98.4 cm³/mol. The molecule has 138 valence electrons. The second-order valence-corrected chi connectivity index (χ2v) is 7.24. The summed E-state index contributed by atoms with van der Waals surface area (Å²) < 4.78 is 11.5. The van der Waals surface area contributed by atoms with E-state index >= 15 is 0 Å². The monoisotopic (exact) mass is 356 g/mol. The van der Waals surface area contributed by atoms with Crippen LogP contribution in [0.4, 0.5) is 0 Å². The summed E-state index contributed by atoms with van der Waals surface area (Å²) in [5.74, 6) is -0.0573. The Kier molecular flexibility index (Phi) is 4.32. The minimum Gasteiger partial charge on any atom is -0.381 e. The maximum Gasteiger partial charge on any atom is 0.256 e. The summed E-state index contributed by atoms with van der Waals surface area (Å²) in [4.78, 5) is 30.1. The molecule has 1 saturated heterocycles. The van der Waals surface area contributed by atoms with Gasteiger partial charge in [0, 0.05) is 37.7 Å². The molecular weight excluding hydrogens is 332 g/mol. The molecule has 2 fully saturated rings. The zero-order valence-corrected chi connectivity index (χ0v) is 15.2. The van der Waals surface area contributed by atoms with E-state index in [1.54, 1.807) is 20.3 Å². The zero-order valence-electron chi connectivity index (χ0n) is 15.2. The van der Waals surface area contributed by atoms with Gasteiger partial charge in [-0.1, -0.05) is 18.2 Å². The molecule has 1 aliphatic carbocycles. The number of nitrogens with zero attached hydrogens (tertiary/aromatic N) is 1. The molecule has 6 heteroatoms. The number of fused-ring (bicyclic) bond motifs is 2. The Morgan fingerprint density at radius 3 is 2.73 bits per heavy atom. The molecule has 2 heterocycles. The molecule has 1 aliphatic heterocycles. The van der Waals surface area contributed by atoms with E-state index in [2.05, 4.69) is 4.98 Å². The van der Waals surface area contributed by atoms with E-state index in [0.29, 0.717) is 22.9 Å². The van der Waals surface area contributed by atoms with Crippen molar-refractivity contribution in [1.29, 1.82) is 0 Å². The third-order valence-electron chi connectivity index (χ3n) is 6.18. The summed E-state index contributed by atoms with van der Waals surface area (Å²) in [6.07, 6.45) is 5.13. The molecule has 3 atom stereocenters. The number of H-pyrrole nitrogens is 1. The third kappa shape index (κ3) is 2.56. The fourth-order valence-corrected chi connectivity index (χ4v) is 4.66. The Labute approximate surface area is 152 Å². The molecule has 1 amide bonds. The van der Waals surface area contributed by atoms with Crippen LogP contribution in [0.25, 0.3) is 10.8 Å². The van der Waals surface area contributed by atoms with Crippen molar-refractivity contribution in [2.45, 2.75) is 43.4 Å². The average Bonchev–Trinajstić information content (AvgIpc) is 3.07. The van der Waals surface area contributed by atoms with Gasteiger partial charge in [0.25, 0.3) is 11.5 Å². The SMILES string of the molecule is CO[C@H]1CC[C@@]2(OC)CCN(C(=O)c3c[nH]c(=O)c4ccccc34)[C@H]2C1. The summed E-state index contributed by atoms with van der Waals surface area (Å²) in [7, 11) is 3.46. The van der Waals surface area contributed by atoms with Gasteiger partial charge in [0.1, 0.15) is 0 Å². The maximum absolute atomic E-state index is 13.4. The lowest BCUT2D eigenvalue weighted by Gasteiger charge is -2.43. The first-order chi connectivity index (χ1) is 12.6. The van der Waals surface area contributed by atoms with Crippen LogP contribution in [0, 0.1) is 0 Å². The molecule has 1 saturated carbocycles. The summed E-state index contributed by atoms with van der Waals surface area (Å²) in [6.45, 7) is 0.654. The van der Waals surface area contributed by atoms with Crippen LogP contribution in [0.5, 0.6) is 0 Å². The minimum atomic E-state index is -0.289. The smallest absolute Gasteiger partial charge is 0.256 e. The molecule has 1 N–H and O–H groups in total. The van der Waals surface area contributed by atoms with Gasteiger partial charge in [0.05, 0.1) is 23.3 Å². The van der Waals surface area contributed by atoms with Gasteiger partial charge < -0.3 is 19.4 Å². The number of ether oxygens (including phenoxy) is 2. The van der Waals surface area contributed by atoms with Crippen LogP contribution in [-0.2, 0) is 9.47 Å². The molecule has 1 aromatic carbocycles. The molecule has 0 radical (unpaired) electrons.